The number of benzene rings is 3. The Morgan fingerprint density at radius 2 is 1.73 bits per heavy atom. The average Bonchev–Trinajstić information content (AvgIpc) is 2.77. The summed E-state index contributed by atoms with van der Waals surface area (Å²) in [7, 11) is 1.68. The molecule has 1 amide bonds. The predicted molar refractivity (Wildman–Crippen MR) is 113 cm³/mol. The van der Waals surface area contributed by atoms with Gasteiger partial charge in [-0.05, 0) is 34.0 Å². The summed E-state index contributed by atoms with van der Waals surface area (Å²) in [6.07, 6.45) is 0.126. The Labute approximate surface area is 175 Å². The van der Waals surface area contributed by atoms with Gasteiger partial charge < -0.3 is 19.1 Å². The maximum absolute atomic E-state index is 12.4. The van der Waals surface area contributed by atoms with Crippen LogP contribution in [-0.4, -0.2) is 43.6 Å². The van der Waals surface area contributed by atoms with Crippen LogP contribution in [0.5, 0.6) is 11.5 Å². The number of nitrogens with zero attached hydrogens (tertiary/aromatic N) is 1. The Bertz CT molecular complexity index is 1070. The number of ether oxygens (including phenoxy) is 3. The summed E-state index contributed by atoms with van der Waals surface area (Å²) >= 11 is 0. The summed E-state index contributed by atoms with van der Waals surface area (Å²) in [6.45, 7) is 1.15. The first-order valence-electron chi connectivity index (χ1n) is 9.85. The molecule has 0 atom stereocenters. The topological polar surface area (TPSA) is 65.1 Å². The summed E-state index contributed by atoms with van der Waals surface area (Å²) in [5.41, 5.74) is 1.80. The first-order chi connectivity index (χ1) is 14.6. The van der Waals surface area contributed by atoms with E-state index in [0.29, 0.717) is 31.3 Å². The number of carbonyl (C=O) groups is 2. The molecule has 1 aliphatic rings. The number of rotatable bonds is 6. The van der Waals surface area contributed by atoms with E-state index in [4.69, 9.17) is 14.2 Å². The van der Waals surface area contributed by atoms with Crippen LogP contribution in [0.1, 0.15) is 11.1 Å². The lowest BCUT2D eigenvalue weighted by atomic mass is 10.0. The monoisotopic (exact) mass is 405 g/mol. The molecule has 6 heteroatoms. The molecule has 0 unspecified atom stereocenters. The number of hydrogen-bond acceptors (Lipinski definition) is 5. The fourth-order valence-electron chi connectivity index (χ4n) is 3.45. The number of fused-ring (bicyclic) bond motifs is 2. The van der Waals surface area contributed by atoms with Crippen LogP contribution in [0, 0.1) is 0 Å². The van der Waals surface area contributed by atoms with Gasteiger partial charge in [-0.25, -0.2) is 0 Å². The Morgan fingerprint density at radius 1 is 0.967 bits per heavy atom. The number of amides is 1. The molecule has 0 saturated carbocycles. The molecule has 0 saturated heterocycles. The summed E-state index contributed by atoms with van der Waals surface area (Å²) < 4.78 is 16.3. The first kappa shape index (κ1) is 19.8. The van der Waals surface area contributed by atoms with Crippen LogP contribution in [-0.2, 0) is 27.3 Å². The third kappa shape index (κ3) is 4.54. The predicted octanol–water partition coefficient (Wildman–Crippen LogP) is 3.36. The molecule has 30 heavy (non-hydrogen) atoms. The summed E-state index contributed by atoms with van der Waals surface area (Å²) in [5, 5.41) is 2.08. The van der Waals surface area contributed by atoms with Crippen molar-refractivity contribution >= 4 is 22.6 Å². The van der Waals surface area contributed by atoms with E-state index < -0.39 is 5.97 Å². The highest BCUT2D eigenvalue weighted by Crippen LogP contribution is 2.31. The molecule has 0 radical (unpaired) electrons. The van der Waals surface area contributed by atoms with E-state index in [2.05, 4.69) is 0 Å². The number of esters is 1. The molecular weight excluding hydrogens is 382 g/mol. The van der Waals surface area contributed by atoms with E-state index in [9.17, 15) is 9.59 Å². The highest BCUT2D eigenvalue weighted by atomic mass is 16.6. The standard InChI is InChI=1S/C24H23NO5/c1-25(15-17-9-10-21-22(13-17)29-12-11-28-21)23(26)16-30-24(27)14-19-7-4-6-18-5-2-3-8-20(18)19/h2-10,13H,11-12,14-16H2,1H3. The summed E-state index contributed by atoms with van der Waals surface area (Å²) in [6, 6.07) is 19.3. The Morgan fingerprint density at radius 3 is 2.60 bits per heavy atom. The molecule has 1 heterocycles. The zero-order valence-corrected chi connectivity index (χ0v) is 16.8. The van der Waals surface area contributed by atoms with Crippen molar-refractivity contribution in [2.75, 3.05) is 26.9 Å². The molecule has 3 aromatic carbocycles. The van der Waals surface area contributed by atoms with Gasteiger partial charge >= 0.3 is 5.97 Å². The van der Waals surface area contributed by atoms with Gasteiger partial charge in [-0.15, -0.1) is 0 Å². The zero-order valence-electron chi connectivity index (χ0n) is 16.8. The van der Waals surface area contributed by atoms with Gasteiger partial charge in [0.05, 0.1) is 6.42 Å². The minimum Gasteiger partial charge on any atom is -0.486 e. The normalized spacial score (nSPS) is 12.4. The third-order valence-electron chi connectivity index (χ3n) is 5.02. The molecule has 0 aliphatic carbocycles. The summed E-state index contributed by atoms with van der Waals surface area (Å²) in [4.78, 5) is 26.2. The van der Waals surface area contributed by atoms with Gasteiger partial charge in [0.2, 0.25) is 0 Å². The van der Waals surface area contributed by atoms with Gasteiger partial charge in [0.25, 0.3) is 5.91 Å². The van der Waals surface area contributed by atoms with Crippen LogP contribution in [0.4, 0.5) is 0 Å². The van der Waals surface area contributed by atoms with Gasteiger partial charge in [0.1, 0.15) is 13.2 Å². The van der Waals surface area contributed by atoms with Crippen LogP contribution in [0.3, 0.4) is 0 Å². The molecule has 0 spiro atoms. The van der Waals surface area contributed by atoms with E-state index in [0.717, 1.165) is 21.9 Å². The molecule has 154 valence electrons. The maximum atomic E-state index is 12.4. The second-order valence-electron chi connectivity index (χ2n) is 7.20. The quantitative estimate of drug-likeness (QED) is 0.589. The van der Waals surface area contributed by atoms with Crippen molar-refractivity contribution in [1.29, 1.82) is 0 Å². The Hall–Kier alpha value is -3.54. The zero-order chi connectivity index (χ0) is 20.9. The van der Waals surface area contributed by atoms with Gasteiger partial charge in [-0.2, -0.15) is 0 Å². The fraction of sp³-hybridized carbons (Fsp3) is 0.250. The first-order valence-corrected chi connectivity index (χ1v) is 9.85. The highest BCUT2D eigenvalue weighted by Gasteiger charge is 2.16. The number of likely N-dealkylation sites (N-methyl/N-ethyl adjacent to an activating group) is 1. The molecule has 0 aromatic heterocycles. The number of carbonyl (C=O) groups excluding carboxylic acids is 2. The molecule has 0 bridgehead atoms. The van der Waals surface area contributed by atoms with E-state index >= 15 is 0 Å². The van der Waals surface area contributed by atoms with Crippen LogP contribution in [0.15, 0.2) is 60.7 Å². The minimum absolute atomic E-state index is 0.126. The molecule has 1 aliphatic heterocycles. The highest BCUT2D eigenvalue weighted by molar-refractivity contribution is 5.89. The largest absolute Gasteiger partial charge is 0.486 e. The SMILES string of the molecule is CN(Cc1ccc2c(c1)OCCO2)C(=O)COC(=O)Cc1cccc2ccccc12. The van der Waals surface area contributed by atoms with Gasteiger partial charge in [0.15, 0.2) is 18.1 Å². The lowest BCUT2D eigenvalue weighted by Crippen LogP contribution is -2.31. The molecule has 6 nitrogen and oxygen atoms in total. The van der Waals surface area contributed by atoms with Gasteiger partial charge in [0, 0.05) is 13.6 Å². The molecule has 0 N–H and O–H groups in total. The average molecular weight is 405 g/mol. The van der Waals surface area contributed by atoms with Crippen LogP contribution in [0.2, 0.25) is 0 Å². The molecule has 4 rings (SSSR count). The lowest BCUT2D eigenvalue weighted by molar-refractivity contribution is -0.151. The van der Waals surface area contributed by atoms with E-state index in [1.54, 1.807) is 7.05 Å². The van der Waals surface area contributed by atoms with Crippen molar-refractivity contribution in [2.45, 2.75) is 13.0 Å². The lowest BCUT2D eigenvalue weighted by Gasteiger charge is -2.21. The van der Waals surface area contributed by atoms with Crippen molar-refractivity contribution < 1.29 is 23.8 Å². The summed E-state index contributed by atoms with van der Waals surface area (Å²) in [5.74, 6) is 0.700. The molecule has 3 aromatic rings. The van der Waals surface area contributed by atoms with Crippen molar-refractivity contribution in [2.24, 2.45) is 0 Å². The second-order valence-corrected chi connectivity index (χ2v) is 7.20. The van der Waals surface area contributed by atoms with Crippen LogP contribution < -0.4 is 9.47 Å². The van der Waals surface area contributed by atoms with Crippen molar-refractivity contribution in [3.63, 3.8) is 0 Å². The van der Waals surface area contributed by atoms with Gasteiger partial charge in [-0.3, -0.25) is 9.59 Å². The second kappa shape index (κ2) is 8.86. The molecular formula is C24H23NO5. The van der Waals surface area contributed by atoms with E-state index in [-0.39, 0.29) is 18.9 Å². The fourth-order valence-corrected chi connectivity index (χ4v) is 3.45. The smallest absolute Gasteiger partial charge is 0.310 e. The number of hydrogen-bond donors (Lipinski definition) is 0. The van der Waals surface area contributed by atoms with Crippen molar-refractivity contribution in [3.8, 4) is 11.5 Å². The Kier molecular flexibility index (Phi) is 5.84. The van der Waals surface area contributed by atoms with Crippen LogP contribution in [0.25, 0.3) is 10.8 Å². The van der Waals surface area contributed by atoms with Crippen molar-refractivity contribution in [3.05, 3.63) is 71.8 Å². The van der Waals surface area contributed by atoms with Crippen molar-refractivity contribution in [1.82, 2.24) is 4.90 Å². The molecule has 0 fully saturated rings. The Balaban J connectivity index is 1.31. The van der Waals surface area contributed by atoms with Gasteiger partial charge in [-0.1, -0.05) is 48.5 Å². The minimum atomic E-state index is -0.424. The van der Waals surface area contributed by atoms with E-state index in [1.807, 2.05) is 60.7 Å². The third-order valence-corrected chi connectivity index (χ3v) is 5.02. The maximum Gasteiger partial charge on any atom is 0.310 e. The van der Waals surface area contributed by atoms with E-state index in [1.165, 1.54) is 4.90 Å². The van der Waals surface area contributed by atoms with Crippen LogP contribution >= 0.6 is 0 Å².